The van der Waals surface area contributed by atoms with Crippen molar-refractivity contribution < 1.29 is 18.7 Å². The lowest BCUT2D eigenvalue weighted by atomic mass is 10.1. The zero-order valence-electron chi connectivity index (χ0n) is 15.5. The molecule has 0 saturated carbocycles. The molecule has 144 valence electrons. The smallest absolute Gasteiger partial charge is 0.261 e. The first-order chi connectivity index (χ1) is 12.8. The van der Waals surface area contributed by atoms with Crippen molar-refractivity contribution in [1.82, 2.24) is 10.2 Å². The third-order valence-electron chi connectivity index (χ3n) is 4.17. The number of hydrogen-bond acceptors (Lipinski definition) is 3. The average molecular weight is 393 g/mol. The summed E-state index contributed by atoms with van der Waals surface area (Å²) in [6, 6.07) is 10.2. The number of benzene rings is 2. The molecule has 2 aromatic rings. The number of ether oxygens (including phenoxy) is 1. The molecule has 1 N–H and O–H groups in total. The number of carbonyl (C=O) groups is 2. The fraction of sp³-hybridized carbons (Fsp3) is 0.300. The lowest BCUT2D eigenvalue weighted by molar-refractivity contribution is -0.142. The van der Waals surface area contributed by atoms with Crippen LogP contribution in [0.3, 0.4) is 0 Å². The van der Waals surface area contributed by atoms with Gasteiger partial charge in [0.05, 0.1) is 0 Å². The van der Waals surface area contributed by atoms with Gasteiger partial charge in [0.2, 0.25) is 5.91 Å². The van der Waals surface area contributed by atoms with Gasteiger partial charge < -0.3 is 15.0 Å². The number of nitrogens with zero attached hydrogens (tertiary/aromatic N) is 1. The topological polar surface area (TPSA) is 58.6 Å². The van der Waals surface area contributed by atoms with Gasteiger partial charge in [0.25, 0.3) is 5.91 Å². The Morgan fingerprint density at radius 3 is 2.48 bits per heavy atom. The average Bonchev–Trinajstić information content (AvgIpc) is 2.67. The van der Waals surface area contributed by atoms with E-state index in [9.17, 15) is 14.0 Å². The van der Waals surface area contributed by atoms with Gasteiger partial charge in [-0.25, -0.2) is 4.39 Å². The second kappa shape index (κ2) is 9.37. The number of amides is 2. The summed E-state index contributed by atoms with van der Waals surface area (Å²) >= 11 is 5.99. The number of likely N-dealkylation sites (N-methyl/N-ethyl adjacent to an activating group) is 1. The molecule has 27 heavy (non-hydrogen) atoms. The molecule has 0 saturated heterocycles. The molecule has 0 aromatic heterocycles. The molecule has 0 spiro atoms. The van der Waals surface area contributed by atoms with Crippen molar-refractivity contribution >= 4 is 23.4 Å². The molecule has 0 aliphatic heterocycles. The minimum absolute atomic E-state index is 0.163. The molecule has 2 amide bonds. The monoisotopic (exact) mass is 392 g/mol. The molecule has 0 bridgehead atoms. The van der Waals surface area contributed by atoms with Crippen LogP contribution in [-0.4, -0.2) is 36.4 Å². The highest BCUT2D eigenvalue weighted by molar-refractivity contribution is 6.31. The van der Waals surface area contributed by atoms with Gasteiger partial charge in [0.1, 0.15) is 17.6 Å². The van der Waals surface area contributed by atoms with Crippen LogP contribution < -0.4 is 10.1 Å². The van der Waals surface area contributed by atoms with Crippen LogP contribution >= 0.6 is 11.6 Å². The molecule has 1 atom stereocenters. The lowest BCUT2D eigenvalue weighted by Gasteiger charge is -2.28. The quantitative estimate of drug-likeness (QED) is 0.786. The number of aryl methyl sites for hydroxylation is 1. The van der Waals surface area contributed by atoms with E-state index in [-0.39, 0.29) is 30.8 Å². The summed E-state index contributed by atoms with van der Waals surface area (Å²) in [6.45, 7) is 3.40. The minimum atomic E-state index is -0.705. The summed E-state index contributed by atoms with van der Waals surface area (Å²) in [7, 11) is 1.51. The number of hydrogen-bond donors (Lipinski definition) is 1. The third-order valence-corrected chi connectivity index (χ3v) is 4.60. The molecule has 0 fully saturated rings. The molecule has 7 heteroatoms. The number of nitrogens with one attached hydrogen (secondary N) is 1. The van der Waals surface area contributed by atoms with E-state index in [4.69, 9.17) is 16.3 Å². The predicted molar refractivity (Wildman–Crippen MR) is 102 cm³/mol. The van der Waals surface area contributed by atoms with Gasteiger partial charge in [-0.3, -0.25) is 9.59 Å². The van der Waals surface area contributed by atoms with Crippen LogP contribution in [0.5, 0.6) is 5.75 Å². The zero-order valence-corrected chi connectivity index (χ0v) is 16.2. The maximum atomic E-state index is 13.1. The number of halogens is 2. The Morgan fingerprint density at radius 1 is 1.22 bits per heavy atom. The van der Waals surface area contributed by atoms with Crippen molar-refractivity contribution in [2.45, 2.75) is 26.4 Å². The van der Waals surface area contributed by atoms with Gasteiger partial charge in [-0.15, -0.1) is 0 Å². The lowest BCUT2D eigenvalue weighted by Crippen LogP contribution is -2.48. The van der Waals surface area contributed by atoms with Crippen molar-refractivity contribution in [2.75, 3.05) is 13.7 Å². The van der Waals surface area contributed by atoms with E-state index in [1.165, 1.54) is 24.1 Å². The molecule has 0 aliphatic rings. The zero-order chi connectivity index (χ0) is 20.0. The van der Waals surface area contributed by atoms with Gasteiger partial charge in [-0.05, 0) is 55.3 Å². The first-order valence-electron chi connectivity index (χ1n) is 8.46. The van der Waals surface area contributed by atoms with E-state index in [2.05, 4.69) is 5.32 Å². The van der Waals surface area contributed by atoms with Crippen molar-refractivity contribution in [2.24, 2.45) is 0 Å². The van der Waals surface area contributed by atoms with Crippen LogP contribution in [0.4, 0.5) is 4.39 Å². The number of carbonyl (C=O) groups excluding carboxylic acids is 2. The van der Waals surface area contributed by atoms with Gasteiger partial charge in [-0.1, -0.05) is 23.7 Å². The molecule has 0 radical (unpaired) electrons. The molecule has 0 unspecified atom stereocenters. The molecular formula is C20H22ClFN2O3. The van der Waals surface area contributed by atoms with Gasteiger partial charge in [0.15, 0.2) is 6.61 Å². The van der Waals surface area contributed by atoms with Crippen molar-refractivity contribution in [3.05, 3.63) is 64.4 Å². The standard InChI is InChI=1S/C20H22ClFN2O3/c1-13-10-17(8-9-18(13)21)27-12-19(25)24(14(2)20(26)23-3)11-15-4-6-16(22)7-5-15/h4-10,14H,11-12H2,1-3H3,(H,23,26)/t14-/m1/s1. The molecule has 0 aliphatic carbocycles. The van der Waals surface area contributed by atoms with E-state index < -0.39 is 6.04 Å². The Bertz CT molecular complexity index is 811. The summed E-state index contributed by atoms with van der Waals surface area (Å²) in [5.41, 5.74) is 1.55. The highest BCUT2D eigenvalue weighted by Crippen LogP contribution is 2.21. The second-order valence-corrected chi connectivity index (χ2v) is 6.55. The molecular weight excluding hydrogens is 371 g/mol. The van der Waals surface area contributed by atoms with Crippen LogP contribution in [-0.2, 0) is 16.1 Å². The predicted octanol–water partition coefficient (Wildman–Crippen LogP) is 3.33. The summed E-state index contributed by atoms with van der Waals surface area (Å²) < 4.78 is 18.7. The van der Waals surface area contributed by atoms with E-state index >= 15 is 0 Å². The first-order valence-corrected chi connectivity index (χ1v) is 8.84. The maximum Gasteiger partial charge on any atom is 0.261 e. The van der Waals surface area contributed by atoms with Crippen molar-refractivity contribution in [3.8, 4) is 5.75 Å². The fourth-order valence-electron chi connectivity index (χ4n) is 2.51. The highest BCUT2D eigenvalue weighted by atomic mass is 35.5. The summed E-state index contributed by atoms with van der Waals surface area (Å²) in [5, 5.41) is 3.15. The minimum Gasteiger partial charge on any atom is -0.484 e. The van der Waals surface area contributed by atoms with E-state index in [1.54, 1.807) is 37.3 Å². The van der Waals surface area contributed by atoms with Crippen LogP contribution in [0, 0.1) is 12.7 Å². The summed E-state index contributed by atoms with van der Waals surface area (Å²) in [6.07, 6.45) is 0. The Kier molecular flexibility index (Phi) is 7.19. The van der Waals surface area contributed by atoms with Gasteiger partial charge >= 0.3 is 0 Å². The van der Waals surface area contributed by atoms with Gasteiger partial charge in [0, 0.05) is 18.6 Å². The van der Waals surface area contributed by atoms with Crippen molar-refractivity contribution in [3.63, 3.8) is 0 Å². The normalized spacial score (nSPS) is 11.6. The Morgan fingerprint density at radius 2 is 1.89 bits per heavy atom. The van der Waals surface area contributed by atoms with Gasteiger partial charge in [-0.2, -0.15) is 0 Å². The molecule has 2 rings (SSSR count). The van der Waals surface area contributed by atoms with Crippen LogP contribution in [0.2, 0.25) is 5.02 Å². The van der Waals surface area contributed by atoms with Crippen LogP contribution in [0.15, 0.2) is 42.5 Å². The van der Waals surface area contributed by atoms with Crippen LogP contribution in [0.25, 0.3) is 0 Å². The number of rotatable bonds is 7. The van der Waals surface area contributed by atoms with Crippen molar-refractivity contribution in [1.29, 1.82) is 0 Å². The Balaban J connectivity index is 2.12. The Hall–Kier alpha value is -2.60. The largest absolute Gasteiger partial charge is 0.484 e. The molecule has 2 aromatic carbocycles. The van der Waals surface area contributed by atoms with E-state index in [1.807, 2.05) is 6.92 Å². The highest BCUT2D eigenvalue weighted by Gasteiger charge is 2.25. The summed E-state index contributed by atoms with van der Waals surface area (Å²) in [4.78, 5) is 26.2. The molecule has 0 heterocycles. The van der Waals surface area contributed by atoms with E-state index in [0.29, 0.717) is 16.3 Å². The Labute approximate surface area is 163 Å². The SMILES string of the molecule is CNC(=O)[C@@H](C)N(Cc1ccc(F)cc1)C(=O)COc1ccc(Cl)c(C)c1. The molecule has 5 nitrogen and oxygen atoms in total. The first kappa shape index (κ1) is 20.7. The maximum absolute atomic E-state index is 13.1. The van der Waals surface area contributed by atoms with E-state index in [0.717, 1.165) is 5.56 Å². The second-order valence-electron chi connectivity index (χ2n) is 6.14. The van der Waals surface area contributed by atoms with Crippen LogP contribution in [0.1, 0.15) is 18.1 Å². The fourth-order valence-corrected chi connectivity index (χ4v) is 2.63. The third kappa shape index (κ3) is 5.69. The summed E-state index contributed by atoms with van der Waals surface area (Å²) in [5.74, 6) is -0.507.